The smallest absolute Gasteiger partial charge is 0.135 e. The lowest BCUT2D eigenvalue weighted by Crippen LogP contribution is -2.42. The number of hydrogen-bond donors (Lipinski definition) is 1. The number of hydrogen-bond acceptors (Lipinski definition) is 2. The van der Waals surface area contributed by atoms with Gasteiger partial charge >= 0.3 is 0 Å². The number of phenolic OH excluding ortho intramolecular Hbond substituents is 1. The molecule has 2 heteroatoms. The van der Waals surface area contributed by atoms with E-state index in [1.807, 2.05) is 31.2 Å². The second kappa shape index (κ2) is 3.53. The molecule has 1 N–H and O–H groups in total. The number of phenols is 1. The molecule has 2 nitrogen and oxygen atoms in total. The van der Waals surface area contributed by atoms with Crippen LogP contribution in [0.1, 0.15) is 30.4 Å². The normalized spacial score (nSPS) is 18.2. The Hall–Kier alpha value is -1.96. The lowest BCUT2D eigenvalue weighted by atomic mass is 9.70. The molecule has 96 valence electrons. The van der Waals surface area contributed by atoms with Crippen LogP contribution in [-0.2, 0) is 5.60 Å². The Morgan fingerprint density at radius 1 is 1.11 bits per heavy atom. The van der Waals surface area contributed by atoms with Crippen molar-refractivity contribution in [3.63, 3.8) is 0 Å². The van der Waals surface area contributed by atoms with E-state index in [2.05, 4.69) is 12.1 Å². The summed E-state index contributed by atoms with van der Waals surface area (Å²) in [4.78, 5) is 0. The molecular formula is C17H16O2. The highest BCUT2D eigenvalue weighted by Crippen LogP contribution is 2.54. The third kappa shape index (κ3) is 1.37. The summed E-state index contributed by atoms with van der Waals surface area (Å²) in [5.74, 6) is 1.34. The van der Waals surface area contributed by atoms with Gasteiger partial charge in [-0.2, -0.15) is 0 Å². The third-order valence-electron chi connectivity index (χ3n) is 4.47. The summed E-state index contributed by atoms with van der Waals surface area (Å²) in [6.07, 6.45) is 3.27. The summed E-state index contributed by atoms with van der Waals surface area (Å²) in [6, 6.07) is 12.2. The maximum atomic E-state index is 10.0. The van der Waals surface area contributed by atoms with Gasteiger partial charge in [0.15, 0.2) is 0 Å². The molecule has 0 amide bonds. The molecule has 0 radical (unpaired) electrons. The molecule has 2 aliphatic rings. The molecular weight excluding hydrogens is 236 g/mol. The zero-order chi connectivity index (χ0) is 13.0. The van der Waals surface area contributed by atoms with Gasteiger partial charge in [-0.05, 0) is 55.5 Å². The Labute approximate surface area is 112 Å². The van der Waals surface area contributed by atoms with Gasteiger partial charge in [-0.3, -0.25) is 0 Å². The second-order valence-corrected chi connectivity index (χ2v) is 5.63. The summed E-state index contributed by atoms with van der Waals surface area (Å²) >= 11 is 0. The number of fused-ring (bicyclic) bond motifs is 4. The van der Waals surface area contributed by atoms with Gasteiger partial charge in [0.25, 0.3) is 0 Å². The standard InChI is InChI=1S/C17H16O2/c1-11-9-13-12-5-2-3-6-16(12)19-17(7-4-8-17)14(13)10-15(11)18/h2-3,5-6,9-10,18H,4,7-8H2,1H3. The van der Waals surface area contributed by atoms with Gasteiger partial charge in [-0.1, -0.05) is 18.2 Å². The fraction of sp³-hybridized carbons (Fsp3) is 0.294. The van der Waals surface area contributed by atoms with Gasteiger partial charge in [-0.15, -0.1) is 0 Å². The van der Waals surface area contributed by atoms with Gasteiger partial charge in [0.1, 0.15) is 17.1 Å². The van der Waals surface area contributed by atoms with Crippen molar-refractivity contribution in [2.24, 2.45) is 0 Å². The van der Waals surface area contributed by atoms with Crippen LogP contribution in [0.4, 0.5) is 0 Å². The van der Waals surface area contributed by atoms with Crippen molar-refractivity contribution in [2.75, 3.05) is 0 Å². The Balaban J connectivity index is 2.03. The third-order valence-corrected chi connectivity index (χ3v) is 4.47. The first-order valence-electron chi connectivity index (χ1n) is 6.82. The number of rotatable bonds is 0. The predicted molar refractivity (Wildman–Crippen MR) is 74.4 cm³/mol. The lowest BCUT2D eigenvalue weighted by molar-refractivity contribution is -0.0145. The van der Waals surface area contributed by atoms with E-state index in [0.717, 1.165) is 35.3 Å². The molecule has 2 aromatic rings. The molecule has 4 rings (SSSR count). The first kappa shape index (κ1) is 10.9. The quantitative estimate of drug-likeness (QED) is 0.763. The molecule has 0 atom stereocenters. The van der Waals surface area contributed by atoms with E-state index in [1.54, 1.807) is 0 Å². The molecule has 2 aromatic carbocycles. The molecule has 0 saturated heterocycles. The first-order chi connectivity index (χ1) is 9.20. The van der Waals surface area contributed by atoms with Crippen molar-refractivity contribution < 1.29 is 9.84 Å². The van der Waals surface area contributed by atoms with Crippen molar-refractivity contribution >= 4 is 0 Å². The van der Waals surface area contributed by atoms with E-state index in [0.29, 0.717) is 5.75 Å². The van der Waals surface area contributed by atoms with Crippen molar-refractivity contribution in [3.05, 3.63) is 47.5 Å². The van der Waals surface area contributed by atoms with Crippen LogP contribution < -0.4 is 4.74 Å². The van der Waals surface area contributed by atoms with Crippen molar-refractivity contribution in [1.82, 2.24) is 0 Å². The molecule has 1 spiro atoms. The maximum Gasteiger partial charge on any atom is 0.135 e. The highest BCUT2D eigenvalue weighted by Gasteiger charge is 2.46. The molecule has 0 bridgehead atoms. The Kier molecular flexibility index (Phi) is 2.03. The molecule has 1 aliphatic carbocycles. The summed E-state index contributed by atoms with van der Waals surface area (Å²) in [5.41, 5.74) is 4.23. The van der Waals surface area contributed by atoms with Gasteiger partial charge in [0.05, 0.1) is 0 Å². The minimum atomic E-state index is -0.200. The highest BCUT2D eigenvalue weighted by atomic mass is 16.5. The van der Waals surface area contributed by atoms with Crippen LogP contribution in [0.5, 0.6) is 11.5 Å². The van der Waals surface area contributed by atoms with Crippen LogP contribution in [0.25, 0.3) is 11.1 Å². The van der Waals surface area contributed by atoms with E-state index < -0.39 is 0 Å². The van der Waals surface area contributed by atoms with Crippen LogP contribution >= 0.6 is 0 Å². The van der Waals surface area contributed by atoms with Crippen molar-refractivity contribution in [2.45, 2.75) is 31.8 Å². The molecule has 0 aromatic heterocycles. The zero-order valence-corrected chi connectivity index (χ0v) is 10.9. The van der Waals surface area contributed by atoms with Gasteiger partial charge in [0.2, 0.25) is 0 Å². The number of para-hydroxylation sites is 1. The zero-order valence-electron chi connectivity index (χ0n) is 10.9. The molecule has 19 heavy (non-hydrogen) atoms. The van der Waals surface area contributed by atoms with Crippen LogP contribution in [0.2, 0.25) is 0 Å². The first-order valence-corrected chi connectivity index (χ1v) is 6.82. The van der Waals surface area contributed by atoms with Gasteiger partial charge in [-0.25, -0.2) is 0 Å². The molecule has 1 aliphatic heterocycles. The minimum Gasteiger partial charge on any atom is -0.508 e. The predicted octanol–water partition coefficient (Wildman–Crippen LogP) is 4.14. The number of aromatic hydroxyl groups is 1. The van der Waals surface area contributed by atoms with Crippen LogP contribution in [0, 0.1) is 6.92 Å². The van der Waals surface area contributed by atoms with E-state index >= 15 is 0 Å². The monoisotopic (exact) mass is 252 g/mol. The van der Waals surface area contributed by atoms with E-state index in [4.69, 9.17) is 4.74 Å². The fourth-order valence-corrected chi connectivity index (χ4v) is 3.21. The van der Waals surface area contributed by atoms with E-state index in [9.17, 15) is 5.11 Å². The summed E-state index contributed by atoms with van der Waals surface area (Å²) in [5, 5.41) is 10.0. The van der Waals surface area contributed by atoms with Crippen LogP contribution in [0.15, 0.2) is 36.4 Å². The van der Waals surface area contributed by atoms with E-state index in [-0.39, 0.29) is 5.60 Å². The summed E-state index contributed by atoms with van der Waals surface area (Å²) in [6.45, 7) is 1.95. The van der Waals surface area contributed by atoms with Gasteiger partial charge in [0, 0.05) is 11.1 Å². The molecule has 1 heterocycles. The fourth-order valence-electron chi connectivity index (χ4n) is 3.21. The maximum absolute atomic E-state index is 10.0. The molecule has 0 unspecified atom stereocenters. The Morgan fingerprint density at radius 3 is 2.63 bits per heavy atom. The Bertz CT molecular complexity index is 669. The average molecular weight is 252 g/mol. The number of ether oxygens (including phenoxy) is 1. The average Bonchev–Trinajstić information content (AvgIpc) is 2.38. The highest BCUT2D eigenvalue weighted by molar-refractivity contribution is 5.78. The Morgan fingerprint density at radius 2 is 1.89 bits per heavy atom. The molecule has 1 saturated carbocycles. The van der Waals surface area contributed by atoms with Crippen molar-refractivity contribution in [1.29, 1.82) is 0 Å². The second-order valence-electron chi connectivity index (χ2n) is 5.63. The molecule has 1 fully saturated rings. The van der Waals surface area contributed by atoms with Gasteiger partial charge < -0.3 is 9.84 Å². The lowest BCUT2D eigenvalue weighted by Gasteiger charge is -2.46. The van der Waals surface area contributed by atoms with Crippen LogP contribution in [-0.4, -0.2) is 5.11 Å². The topological polar surface area (TPSA) is 29.5 Å². The minimum absolute atomic E-state index is 0.200. The number of benzene rings is 2. The van der Waals surface area contributed by atoms with E-state index in [1.165, 1.54) is 12.0 Å². The van der Waals surface area contributed by atoms with Crippen LogP contribution in [0.3, 0.4) is 0 Å². The summed E-state index contributed by atoms with van der Waals surface area (Å²) in [7, 11) is 0. The summed E-state index contributed by atoms with van der Waals surface area (Å²) < 4.78 is 6.27. The van der Waals surface area contributed by atoms with Crippen molar-refractivity contribution in [3.8, 4) is 22.6 Å². The SMILES string of the molecule is Cc1cc2c(cc1O)C1(CCC1)Oc1ccccc1-2. The largest absolute Gasteiger partial charge is 0.508 e. The number of aryl methyl sites for hydroxylation is 1.